The lowest BCUT2D eigenvalue weighted by Crippen LogP contribution is -2.17. The summed E-state index contributed by atoms with van der Waals surface area (Å²) in [7, 11) is 0. The minimum absolute atomic E-state index is 0.0796. The Hall–Kier alpha value is -1.29. The lowest BCUT2D eigenvalue weighted by Gasteiger charge is -2.14. The highest BCUT2D eigenvalue weighted by Gasteiger charge is 2.31. The van der Waals surface area contributed by atoms with Gasteiger partial charge in [0.05, 0.1) is 15.6 Å². The maximum atomic E-state index is 12.3. The van der Waals surface area contributed by atoms with Gasteiger partial charge in [-0.1, -0.05) is 27.5 Å². The number of hydrogen-bond acceptors (Lipinski definition) is 3. The Bertz CT molecular complexity index is 773. The summed E-state index contributed by atoms with van der Waals surface area (Å²) in [4.78, 5) is 0.185. The zero-order chi connectivity index (χ0) is 17.9. The zero-order valence-electron chi connectivity index (χ0n) is 11.7. The molecular formula is C14H10BrClF3NO3S. The van der Waals surface area contributed by atoms with Gasteiger partial charge in [0.15, 0.2) is 11.1 Å². The van der Waals surface area contributed by atoms with Crippen LogP contribution >= 0.6 is 27.5 Å². The average molecular weight is 445 g/mol. The van der Waals surface area contributed by atoms with Crippen LogP contribution in [-0.2, 0) is 17.6 Å². The van der Waals surface area contributed by atoms with Crippen LogP contribution in [0.5, 0.6) is 5.75 Å². The van der Waals surface area contributed by atoms with Crippen LogP contribution < -0.4 is 10.1 Å². The Morgan fingerprint density at radius 3 is 2.58 bits per heavy atom. The monoisotopic (exact) mass is 443 g/mol. The molecule has 0 bridgehead atoms. The number of alkyl halides is 3. The maximum Gasteiger partial charge on any atom is 0.573 e. The van der Waals surface area contributed by atoms with E-state index in [0.29, 0.717) is 10.0 Å². The zero-order valence-corrected chi connectivity index (χ0v) is 14.9. The Kier molecular flexibility index (Phi) is 6.13. The lowest BCUT2D eigenvalue weighted by molar-refractivity contribution is -0.274. The molecule has 10 heteroatoms. The summed E-state index contributed by atoms with van der Waals surface area (Å²) < 4.78 is 61.9. The summed E-state index contributed by atoms with van der Waals surface area (Å²) in [6.45, 7) is 0.0796. The van der Waals surface area contributed by atoms with E-state index in [4.69, 9.17) is 11.6 Å². The van der Waals surface area contributed by atoms with E-state index in [-0.39, 0.29) is 22.2 Å². The molecule has 0 aliphatic carbocycles. The molecule has 0 saturated heterocycles. The Balaban J connectivity index is 2.22. The van der Waals surface area contributed by atoms with Crippen molar-refractivity contribution in [3.63, 3.8) is 0 Å². The van der Waals surface area contributed by atoms with Gasteiger partial charge in [-0.3, -0.25) is 0 Å². The molecule has 1 unspecified atom stereocenters. The summed E-state index contributed by atoms with van der Waals surface area (Å²) in [6, 6.07) is 8.16. The standard InChI is InChI=1S/C14H10BrClF3NO3S/c15-9-1-4-13(24(21)22)8(5-9)7-20-12-6-10(2-3-11(12)16)23-14(17,18)19/h1-6,20H,7H2,(H,21,22). The van der Waals surface area contributed by atoms with E-state index < -0.39 is 23.2 Å². The van der Waals surface area contributed by atoms with Crippen LogP contribution in [0.25, 0.3) is 0 Å². The van der Waals surface area contributed by atoms with Gasteiger partial charge in [-0.25, -0.2) is 4.21 Å². The molecule has 0 radical (unpaired) electrons. The van der Waals surface area contributed by atoms with Crippen LogP contribution in [0, 0.1) is 0 Å². The largest absolute Gasteiger partial charge is 0.573 e. The summed E-state index contributed by atoms with van der Waals surface area (Å²) >= 11 is 7.00. The van der Waals surface area contributed by atoms with Crippen molar-refractivity contribution < 1.29 is 26.7 Å². The second-order valence-electron chi connectivity index (χ2n) is 4.54. The van der Waals surface area contributed by atoms with Crippen molar-refractivity contribution in [1.82, 2.24) is 0 Å². The van der Waals surface area contributed by atoms with Gasteiger partial charge >= 0.3 is 6.36 Å². The predicted octanol–water partition coefficient (Wildman–Crippen LogP) is 5.19. The molecule has 0 amide bonds. The highest BCUT2D eigenvalue weighted by Crippen LogP contribution is 2.31. The minimum atomic E-state index is -4.81. The molecule has 0 aromatic heterocycles. The maximum absolute atomic E-state index is 12.3. The second-order valence-corrected chi connectivity index (χ2v) is 6.81. The van der Waals surface area contributed by atoms with Crippen LogP contribution in [0.15, 0.2) is 45.8 Å². The van der Waals surface area contributed by atoms with Crippen molar-refractivity contribution in [3.8, 4) is 5.75 Å². The van der Waals surface area contributed by atoms with E-state index in [1.165, 1.54) is 12.1 Å². The van der Waals surface area contributed by atoms with Crippen LogP contribution in [0.1, 0.15) is 5.56 Å². The first kappa shape index (κ1) is 19.0. The molecule has 130 valence electrons. The van der Waals surface area contributed by atoms with E-state index in [9.17, 15) is 21.9 Å². The molecule has 0 aliphatic rings. The molecule has 2 N–H and O–H groups in total. The van der Waals surface area contributed by atoms with Gasteiger partial charge in [0.25, 0.3) is 0 Å². The average Bonchev–Trinajstić information content (AvgIpc) is 2.46. The quantitative estimate of drug-likeness (QED) is 0.623. The summed E-state index contributed by atoms with van der Waals surface area (Å²) in [5, 5.41) is 3.02. The number of ether oxygens (including phenoxy) is 1. The lowest BCUT2D eigenvalue weighted by atomic mass is 10.2. The highest BCUT2D eigenvalue weighted by atomic mass is 79.9. The van der Waals surface area contributed by atoms with Gasteiger partial charge in [-0.15, -0.1) is 13.2 Å². The molecule has 0 saturated carbocycles. The van der Waals surface area contributed by atoms with Gasteiger partial charge < -0.3 is 14.6 Å². The summed E-state index contributed by atoms with van der Waals surface area (Å²) in [5.41, 5.74) is 0.691. The van der Waals surface area contributed by atoms with Crippen molar-refractivity contribution >= 4 is 44.3 Å². The van der Waals surface area contributed by atoms with E-state index in [1.807, 2.05) is 0 Å². The van der Waals surface area contributed by atoms with Crippen molar-refractivity contribution in [2.24, 2.45) is 0 Å². The molecular weight excluding hydrogens is 435 g/mol. The third-order valence-electron chi connectivity index (χ3n) is 2.85. The molecule has 2 aromatic rings. The Morgan fingerprint density at radius 2 is 1.96 bits per heavy atom. The van der Waals surface area contributed by atoms with E-state index in [1.54, 1.807) is 12.1 Å². The van der Waals surface area contributed by atoms with Crippen LogP contribution in [0.4, 0.5) is 18.9 Å². The Labute approximate surface area is 151 Å². The number of nitrogens with one attached hydrogen (secondary N) is 1. The van der Waals surface area contributed by atoms with Crippen molar-refractivity contribution in [1.29, 1.82) is 0 Å². The first-order chi connectivity index (χ1) is 11.2. The Morgan fingerprint density at radius 1 is 1.25 bits per heavy atom. The fourth-order valence-corrected chi connectivity index (χ4v) is 3.02. The van der Waals surface area contributed by atoms with E-state index in [2.05, 4.69) is 26.0 Å². The van der Waals surface area contributed by atoms with Gasteiger partial charge in [0.1, 0.15) is 5.75 Å². The van der Waals surface area contributed by atoms with Crippen LogP contribution in [-0.4, -0.2) is 15.1 Å². The smallest absolute Gasteiger partial charge is 0.406 e. The van der Waals surface area contributed by atoms with Crippen molar-refractivity contribution in [2.75, 3.05) is 5.32 Å². The number of benzene rings is 2. The van der Waals surface area contributed by atoms with Gasteiger partial charge in [-0.2, -0.15) is 0 Å². The minimum Gasteiger partial charge on any atom is -0.406 e. The van der Waals surface area contributed by atoms with E-state index in [0.717, 1.165) is 12.1 Å². The molecule has 0 heterocycles. The second kappa shape index (κ2) is 7.73. The molecule has 0 aliphatic heterocycles. The van der Waals surface area contributed by atoms with E-state index >= 15 is 0 Å². The fraction of sp³-hybridized carbons (Fsp3) is 0.143. The SMILES string of the molecule is O=S(O)c1ccc(Br)cc1CNc1cc(OC(F)(F)F)ccc1Cl. The summed E-state index contributed by atoms with van der Waals surface area (Å²) in [5.74, 6) is -0.422. The van der Waals surface area contributed by atoms with Gasteiger partial charge in [-0.05, 0) is 35.9 Å². The third-order valence-corrected chi connectivity index (χ3v) is 4.45. The first-order valence-electron chi connectivity index (χ1n) is 6.34. The molecule has 2 rings (SSSR count). The molecule has 24 heavy (non-hydrogen) atoms. The molecule has 0 spiro atoms. The number of anilines is 1. The van der Waals surface area contributed by atoms with Crippen LogP contribution in [0.3, 0.4) is 0 Å². The highest BCUT2D eigenvalue weighted by molar-refractivity contribution is 9.10. The van der Waals surface area contributed by atoms with Crippen LogP contribution in [0.2, 0.25) is 5.02 Å². The molecule has 1 atom stereocenters. The van der Waals surface area contributed by atoms with Crippen molar-refractivity contribution in [3.05, 3.63) is 51.5 Å². The number of hydrogen-bond donors (Lipinski definition) is 2. The third kappa shape index (κ3) is 5.37. The van der Waals surface area contributed by atoms with Gasteiger partial charge in [0, 0.05) is 17.1 Å². The summed E-state index contributed by atoms with van der Waals surface area (Å²) in [6.07, 6.45) is -4.81. The molecule has 4 nitrogen and oxygen atoms in total. The van der Waals surface area contributed by atoms with Crippen molar-refractivity contribution in [2.45, 2.75) is 17.8 Å². The molecule has 2 aromatic carbocycles. The fourth-order valence-electron chi connectivity index (χ4n) is 1.88. The van der Waals surface area contributed by atoms with Gasteiger partial charge in [0.2, 0.25) is 0 Å². The number of rotatable bonds is 5. The molecule has 0 fully saturated rings. The predicted molar refractivity (Wildman–Crippen MR) is 88.6 cm³/mol. The number of halogens is 5. The first-order valence-corrected chi connectivity index (χ1v) is 8.62. The topological polar surface area (TPSA) is 58.6 Å². The normalized spacial score (nSPS) is 12.8.